The highest BCUT2D eigenvalue weighted by Crippen LogP contribution is 2.43. The Balaban J connectivity index is 1.46. The molecule has 2 bridgehead atoms. The summed E-state index contributed by atoms with van der Waals surface area (Å²) in [5.74, 6) is 2.23. The highest BCUT2D eigenvalue weighted by Gasteiger charge is 2.40. The monoisotopic (exact) mass is 318 g/mol. The molecule has 2 unspecified atom stereocenters. The maximum absolute atomic E-state index is 5.89. The van der Waals surface area contributed by atoms with Crippen molar-refractivity contribution in [1.82, 2.24) is 9.88 Å². The molecule has 4 heterocycles. The highest BCUT2D eigenvalue weighted by atomic mass is 16.3. The Hall–Kier alpha value is -2.13. The molecule has 0 radical (unpaired) electrons. The van der Waals surface area contributed by atoms with Gasteiger partial charge in [-0.05, 0) is 68.6 Å². The molecule has 1 aromatic heterocycles. The fourth-order valence-electron chi connectivity index (χ4n) is 4.70. The Morgan fingerprint density at radius 1 is 1.00 bits per heavy atom. The molecule has 6 rings (SSSR count). The summed E-state index contributed by atoms with van der Waals surface area (Å²) in [6.07, 6.45) is 2.70. The van der Waals surface area contributed by atoms with Crippen molar-refractivity contribution in [3.8, 4) is 11.5 Å². The third-order valence-corrected chi connectivity index (χ3v) is 6.01. The first-order valence-electron chi connectivity index (χ1n) is 8.99. The van der Waals surface area contributed by atoms with Crippen LogP contribution in [0.1, 0.15) is 31.2 Å². The fraction of sp³-hybridized carbons (Fsp3) is 0.381. The molecule has 0 N–H and O–H groups in total. The van der Waals surface area contributed by atoms with Crippen molar-refractivity contribution in [2.45, 2.75) is 31.7 Å². The molecule has 3 aromatic rings. The molecule has 0 saturated carbocycles. The van der Waals surface area contributed by atoms with E-state index in [2.05, 4.69) is 41.1 Å². The van der Waals surface area contributed by atoms with Gasteiger partial charge in [-0.3, -0.25) is 0 Å². The Morgan fingerprint density at radius 3 is 2.46 bits per heavy atom. The summed E-state index contributed by atoms with van der Waals surface area (Å²) in [7, 11) is 0. The van der Waals surface area contributed by atoms with Crippen molar-refractivity contribution in [3.63, 3.8) is 0 Å². The van der Waals surface area contributed by atoms with E-state index in [4.69, 9.17) is 4.42 Å². The fourth-order valence-corrected chi connectivity index (χ4v) is 4.70. The van der Waals surface area contributed by atoms with Gasteiger partial charge < -0.3 is 9.32 Å². The van der Waals surface area contributed by atoms with Gasteiger partial charge in [-0.2, -0.15) is 0 Å². The number of benzene rings is 2. The maximum atomic E-state index is 5.89. The van der Waals surface area contributed by atoms with Crippen LogP contribution in [0.3, 0.4) is 0 Å². The summed E-state index contributed by atoms with van der Waals surface area (Å²) in [5.41, 5.74) is 4.30. The number of fused-ring (bicyclic) bond motifs is 4. The van der Waals surface area contributed by atoms with Gasteiger partial charge >= 0.3 is 0 Å². The van der Waals surface area contributed by atoms with Crippen LogP contribution in [0, 0.1) is 5.92 Å². The van der Waals surface area contributed by atoms with Crippen LogP contribution in [0.2, 0.25) is 0 Å². The topological polar surface area (TPSA) is 29.3 Å². The molecule has 122 valence electrons. The Morgan fingerprint density at radius 2 is 1.75 bits per heavy atom. The quantitative estimate of drug-likeness (QED) is 0.686. The predicted octanol–water partition coefficient (Wildman–Crippen LogP) is 4.69. The molecule has 0 spiro atoms. The maximum Gasteiger partial charge on any atom is 0.227 e. The minimum Gasteiger partial charge on any atom is -0.436 e. The number of para-hydroxylation sites is 2. The van der Waals surface area contributed by atoms with Crippen LogP contribution in [0.4, 0.5) is 0 Å². The van der Waals surface area contributed by atoms with E-state index in [-0.39, 0.29) is 0 Å². The van der Waals surface area contributed by atoms with E-state index in [1.54, 1.807) is 0 Å². The van der Waals surface area contributed by atoms with E-state index < -0.39 is 0 Å². The average Bonchev–Trinajstić information content (AvgIpc) is 3.07. The molecule has 3 fully saturated rings. The number of piperidine rings is 3. The van der Waals surface area contributed by atoms with Crippen LogP contribution in [-0.4, -0.2) is 29.0 Å². The largest absolute Gasteiger partial charge is 0.436 e. The molecule has 3 saturated heterocycles. The minimum atomic E-state index is 0.660. The van der Waals surface area contributed by atoms with Gasteiger partial charge in [0.1, 0.15) is 5.52 Å². The van der Waals surface area contributed by atoms with Crippen LogP contribution >= 0.6 is 0 Å². The van der Waals surface area contributed by atoms with Gasteiger partial charge in [0.15, 0.2) is 5.58 Å². The van der Waals surface area contributed by atoms with Crippen LogP contribution in [0.15, 0.2) is 52.9 Å². The van der Waals surface area contributed by atoms with Crippen LogP contribution in [-0.2, 0) is 0 Å². The number of rotatable bonds is 2. The minimum absolute atomic E-state index is 0.660. The van der Waals surface area contributed by atoms with E-state index >= 15 is 0 Å². The predicted molar refractivity (Wildman–Crippen MR) is 95.9 cm³/mol. The van der Waals surface area contributed by atoms with Crippen LogP contribution in [0.25, 0.3) is 22.6 Å². The van der Waals surface area contributed by atoms with Gasteiger partial charge in [-0.15, -0.1) is 0 Å². The standard InChI is InChI=1S/C21H22N2O/c1-14-20(16-10-12-23(14)13-11-16)15-6-8-17(9-7-15)21-22-18-4-2-3-5-19(18)24-21/h2-9,14,16,20H,10-13H2,1H3. The summed E-state index contributed by atoms with van der Waals surface area (Å²) < 4.78 is 5.89. The number of aromatic nitrogens is 1. The van der Waals surface area contributed by atoms with Crippen molar-refractivity contribution < 1.29 is 4.42 Å². The molecule has 24 heavy (non-hydrogen) atoms. The molecule has 2 atom stereocenters. The molecule has 3 aliphatic rings. The Kier molecular flexibility index (Phi) is 3.23. The van der Waals surface area contributed by atoms with Crippen molar-refractivity contribution in [1.29, 1.82) is 0 Å². The van der Waals surface area contributed by atoms with Gasteiger partial charge in [-0.25, -0.2) is 4.98 Å². The van der Waals surface area contributed by atoms with Crippen LogP contribution < -0.4 is 0 Å². The zero-order chi connectivity index (χ0) is 16.1. The lowest BCUT2D eigenvalue weighted by molar-refractivity contribution is 0.0350. The first-order valence-corrected chi connectivity index (χ1v) is 8.99. The van der Waals surface area contributed by atoms with Gasteiger partial charge in [0.05, 0.1) is 0 Å². The van der Waals surface area contributed by atoms with Gasteiger partial charge in [-0.1, -0.05) is 24.3 Å². The molecule has 2 aromatic carbocycles. The third kappa shape index (κ3) is 2.19. The SMILES string of the molecule is CC1C(c2ccc(-c3nc4ccccc4o3)cc2)C2CCN1CC2. The Labute approximate surface area is 142 Å². The van der Waals surface area contributed by atoms with Gasteiger partial charge in [0, 0.05) is 17.5 Å². The van der Waals surface area contributed by atoms with Crippen LogP contribution in [0.5, 0.6) is 0 Å². The zero-order valence-corrected chi connectivity index (χ0v) is 14.0. The average molecular weight is 318 g/mol. The number of nitrogens with zero attached hydrogens (tertiary/aromatic N) is 2. The summed E-state index contributed by atoms with van der Waals surface area (Å²) in [6, 6.07) is 17.5. The molecular weight excluding hydrogens is 296 g/mol. The first-order chi connectivity index (χ1) is 11.8. The Bertz CT molecular complexity index is 824. The molecule has 0 amide bonds. The summed E-state index contributed by atoms with van der Waals surface area (Å²) >= 11 is 0. The summed E-state index contributed by atoms with van der Waals surface area (Å²) in [6.45, 7) is 4.96. The van der Waals surface area contributed by atoms with Crippen molar-refractivity contribution in [2.75, 3.05) is 13.1 Å². The summed E-state index contributed by atoms with van der Waals surface area (Å²) in [4.78, 5) is 7.26. The number of hydrogen-bond acceptors (Lipinski definition) is 3. The lowest BCUT2D eigenvalue weighted by Crippen LogP contribution is -2.52. The van der Waals surface area contributed by atoms with E-state index in [1.165, 1.54) is 31.5 Å². The van der Waals surface area contributed by atoms with Crippen molar-refractivity contribution >= 4 is 11.1 Å². The second kappa shape index (κ2) is 5.45. The lowest BCUT2D eigenvalue weighted by Gasteiger charge is -2.50. The van der Waals surface area contributed by atoms with E-state index in [0.29, 0.717) is 17.9 Å². The van der Waals surface area contributed by atoms with E-state index in [9.17, 15) is 0 Å². The number of oxazole rings is 1. The highest BCUT2D eigenvalue weighted by molar-refractivity contribution is 5.75. The second-order valence-corrected chi connectivity index (χ2v) is 7.25. The molecule has 3 nitrogen and oxygen atoms in total. The smallest absolute Gasteiger partial charge is 0.227 e. The summed E-state index contributed by atoms with van der Waals surface area (Å²) in [5, 5.41) is 0. The van der Waals surface area contributed by atoms with Gasteiger partial charge in [0.25, 0.3) is 0 Å². The molecule has 3 aliphatic heterocycles. The normalized spacial score (nSPS) is 29.2. The second-order valence-electron chi connectivity index (χ2n) is 7.25. The lowest BCUT2D eigenvalue weighted by atomic mass is 9.71. The van der Waals surface area contributed by atoms with E-state index in [0.717, 1.165) is 22.6 Å². The number of hydrogen-bond donors (Lipinski definition) is 0. The van der Waals surface area contributed by atoms with Gasteiger partial charge in [0.2, 0.25) is 5.89 Å². The molecule has 3 heteroatoms. The van der Waals surface area contributed by atoms with Crippen molar-refractivity contribution in [2.24, 2.45) is 5.92 Å². The molecule has 0 aliphatic carbocycles. The zero-order valence-electron chi connectivity index (χ0n) is 14.0. The first kappa shape index (κ1) is 14.2. The van der Waals surface area contributed by atoms with E-state index in [1.807, 2.05) is 24.3 Å². The molecular formula is C21H22N2O. The van der Waals surface area contributed by atoms with Crippen molar-refractivity contribution in [3.05, 3.63) is 54.1 Å². The third-order valence-electron chi connectivity index (χ3n) is 6.01.